The van der Waals surface area contributed by atoms with E-state index in [2.05, 4.69) is 16.3 Å². The van der Waals surface area contributed by atoms with Crippen LogP contribution in [0.2, 0.25) is 0 Å². The zero-order valence-corrected chi connectivity index (χ0v) is 16.2. The Kier molecular flexibility index (Phi) is 6.55. The smallest absolute Gasteiger partial charge is 0.242 e. The van der Waals surface area contributed by atoms with Gasteiger partial charge < -0.3 is 19.7 Å². The number of hydrogen-bond acceptors (Lipinski definition) is 5. The molecule has 0 bridgehead atoms. The van der Waals surface area contributed by atoms with Gasteiger partial charge in [0.25, 0.3) is 0 Å². The number of carbonyl (C=O) groups is 2. The van der Waals surface area contributed by atoms with E-state index in [-0.39, 0.29) is 31.1 Å². The van der Waals surface area contributed by atoms with Crippen molar-refractivity contribution in [3.05, 3.63) is 23.8 Å². The largest absolute Gasteiger partial charge is 0.454 e. The van der Waals surface area contributed by atoms with Crippen molar-refractivity contribution in [2.75, 3.05) is 39.5 Å². The molecule has 0 radical (unpaired) electrons. The Morgan fingerprint density at radius 2 is 1.78 bits per heavy atom. The van der Waals surface area contributed by atoms with Crippen LogP contribution in [0.1, 0.15) is 32.3 Å². The van der Waals surface area contributed by atoms with Gasteiger partial charge in [-0.2, -0.15) is 0 Å². The molecule has 148 valence electrons. The minimum absolute atomic E-state index is 0.00274. The van der Waals surface area contributed by atoms with Crippen LogP contribution < -0.4 is 14.8 Å². The van der Waals surface area contributed by atoms with Crippen LogP contribution in [0.15, 0.2) is 18.2 Å². The lowest BCUT2D eigenvalue weighted by molar-refractivity contribution is -0.135. The van der Waals surface area contributed by atoms with E-state index in [0.717, 1.165) is 44.0 Å². The first-order valence-electron chi connectivity index (χ1n) is 9.77. The minimum Gasteiger partial charge on any atom is -0.454 e. The molecule has 0 atom stereocenters. The van der Waals surface area contributed by atoms with Crippen molar-refractivity contribution in [2.24, 2.45) is 5.92 Å². The topological polar surface area (TPSA) is 71.1 Å². The van der Waals surface area contributed by atoms with E-state index in [9.17, 15) is 9.59 Å². The summed E-state index contributed by atoms with van der Waals surface area (Å²) in [4.78, 5) is 28.5. The number of rotatable bonds is 7. The summed E-state index contributed by atoms with van der Waals surface area (Å²) in [6.45, 7) is 8.20. The lowest BCUT2D eigenvalue weighted by Gasteiger charge is -2.35. The van der Waals surface area contributed by atoms with Gasteiger partial charge in [0.2, 0.25) is 18.6 Å². The number of piperazine rings is 1. The molecule has 1 saturated heterocycles. The number of ether oxygens (including phenoxy) is 2. The molecule has 1 aromatic rings. The number of carbonyl (C=O) groups excluding carboxylic acids is 2. The molecule has 0 unspecified atom stereocenters. The number of amides is 2. The highest BCUT2D eigenvalue weighted by Crippen LogP contribution is 2.32. The number of fused-ring (bicyclic) bond motifs is 1. The summed E-state index contributed by atoms with van der Waals surface area (Å²) < 4.78 is 10.8. The van der Waals surface area contributed by atoms with E-state index in [1.165, 1.54) is 5.56 Å². The van der Waals surface area contributed by atoms with E-state index in [1.54, 1.807) is 0 Å². The number of nitrogens with zero attached hydrogens (tertiary/aromatic N) is 2. The van der Waals surface area contributed by atoms with Crippen LogP contribution in [0, 0.1) is 5.92 Å². The molecule has 0 spiro atoms. The first-order valence-corrected chi connectivity index (χ1v) is 9.77. The number of benzene rings is 1. The van der Waals surface area contributed by atoms with E-state index in [0.29, 0.717) is 13.1 Å². The maximum absolute atomic E-state index is 12.4. The van der Waals surface area contributed by atoms with Crippen LogP contribution in [0.5, 0.6) is 11.5 Å². The van der Waals surface area contributed by atoms with Gasteiger partial charge in [0.15, 0.2) is 11.5 Å². The monoisotopic (exact) mass is 375 g/mol. The fourth-order valence-electron chi connectivity index (χ4n) is 3.53. The Morgan fingerprint density at radius 3 is 2.48 bits per heavy atom. The van der Waals surface area contributed by atoms with E-state index in [1.807, 2.05) is 30.9 Å². The summed E-state index contributed by atoms with van der Waals surface area (Å²) in [7, 11) is 0. The molecule has 7 heteroatoms. The standard InChI is InChI=1S/C20H29N3O4/c1-3-16(4-2)20(25)21-12-19(24)23-9-7-22(8-10-23)13-15-5-6-17-18(11-15)27-14-26-17/h5-6,11,16H,3-4,7-10,12-14H2,1-2H3,(H,21,25). The van der Waals surface area contributed by atoms with Crippen molar-refractivity contribution < 1.29 is 19.1 Å². The predicted molar refractivity (Wildman–Crippen MR) is 102 cm³/mol. The number of nitrogens with one attached hydrogen (secondary N) is 1. The van der Waals surface area contributed by atoms with Crippen LogP contribution in [-0.2, 0) is 16.1 Å². The molecular formula is C20H29N3O4. The second kappa shape index (κ2) is 9.08. The van der Waals surface area contributed by atoms with Crippen molar-refractivity contribution in [3.8, 4) is 11.5 Å². The Balaban J connectivity index is 1.42. The molecule has 1 aromatic carbocycles. The van der Waals surface area contributed by atoms with Gasteiger partial charge in [-0.1, -0.05) is 19.9 Å². The Bertz CT molecular complexity index is 667. The van der Waals surface area contributed by atoms with Crippen LogP contribution in [0.4, 0.5) is 0 Å². The molecule has 2 amide bonds. The third kappa shape index (κ3) is 4.91. The van der Waals surface area contributed by atoms with Gasteiger partial charge in [0.05, 0.1) is 6.54 Å². The Labute approximate surface area is 160 Å². The molecule has 3 rings (SSSR count). The fourth-order valence-corrected chi connectivity index (χ4v) is 3.53. The van der Waals surface area contributed by atoms with Gasteiger partial charge in [-0.05, 0) is 30.5 Å². The molecule has 1 fully saturated rings. The minimum atomic E-state index is -0.0187. The van der Waals surface area contributed by atoms with Crippen molar-refractivity contribution in [1.82, 2.24) is 15.1 Å². The van der Waals surface area contributed by atoms with Gasteiger partial charge in [-0.3, -0.25) is 14.5 Å². The van der Waals surface area contributed by atoms with Crippen molar-refractivity contribution in [1.29, 1.82) is 0 Å². The van der Waals surface area contributed by atoms with Crippen LogP contribution in [0.3, 0.4) is 0 Å². The van der Waals surface area contributed by atoms with Gasteiger partial charge in [-0.15, -0.1) is 0 Å². The highest BCUT2D eigenvalue weighted by molar-refractivity contribution is 5.85. The highest BCUT2D eigenvalue weighted by atomic mass is 16.7. The van der Waals surface area contributed by atoms with E-state index >= 15 is 0 Å². The summed E-state index contributed by atoms with van der Waals surface area (Å²) >= 11 is 0. The lowest BCUT2D eigenvalue weighted by atomic mass is 10.0. The first-order chi connectivity index (χ1) is 13.1. The van der Waals surface area contributed by atoms with Crippen LogP contribution in [-0.4, -0.2) is 61.1 Å². The third-order valence-electron chi connectivity index (χ3n) is 5.34. The van der Waals surface area contributed by atoms with Gasteiger partial charge in [0.1, 0.15) is 0 Å². The molecule has 2 heterocycles. The van der Waals surface area contributed by atoms with E-state index in [4.69, 9.17) is 9.47 Å². The number of hydrogen-bond donors (Lipinski definition) is 1. The van der Waals surface area contributed by atoms with Crippen LogP contribution in [0.25, 0.3) is 0 Å². The average molecular weight is 375 g/mol. The summed E-state index contributed by atoms with van der Waals surface area (Å²) in [5, 5.41) is 2.79. The first kappa shape index (κ1) is 19.5. The second-order valence-corrected chi connectivity index (χ2v) is 7.08. The average Bonchev–Trinajstić information content (AvgIpc) is 3.15. The van der Waals surface area contributed by atoms with Crippen molar-refractivity contribution in [3.63, 3.8) is 0 Å². The van der Waals surface area contributed by atoms with Gasteiger partial charge >= 0.3 is 0 Å². The Hall–Kier alpha value is -2.28. The van der Waals surface area contributed by atoms with Gasteiger partial charge in [-0.25, -0.2) is 0 Å². The molecule has 0 aromatic heterocycles. The summed E-state index contributed by atoms with van der Waals surface area (Å²) in [6, 6.07) is 6.02. The summed E-state index contributed by atoms with van der Waals surface area (Å²) in [6.07, 6.45) is 1.60. The summed E-state index contributed by atoms with van der Waals surface area (Å²) in [5.41, 5.74) is 1.18. The highest BCUT2D eigenvalue weighted by Gasteiger charge is 2.23. The Morgan fingerprint density at radius 1 is 1.07 bits per heavy atom. The third-order valence-corrected chi connectivity index (χ3v) is 5.34. The molecular weight excluding hydrogens is 346 g/mol. The maximum Gasteiger partial charge on any atom is 0.242 e. The zero-order chi connectivity index (χ0) is 19.2. The van der Waals surface area contributed by atoms with Crippen LogP contribution >= 0.6 is 0 Å². The maximum atomic E-state index is 12.4. The SMILES string of the molecule is CCC(CC)C(=O)NCC(=O)N1CCN(Cc2ccc3c(c2)OCO3)CC1. The van der Waals surface area contributed by atoms with Crippen molar-refractivity contribution in [2.45, 2.75) is 33.2 Å². The fraction of sp³-hybridized carbons (Fsp3) is 0.600. The molecule has 2 aliphatic heterocycles. The molecule has 1 N–H and O–H groups in total. The normalized spacial score (nSPS) is 16.6. The van der Waals surface area contributed by atoms with Gasteiger partial charge in [0, 0.05) is 38.6 Å². The van der Waals surface area contributed by atoms with Crippen molar-refractivity contribution >= 4 is 11.8 Å². The quantitative estimate of drug-likeness (QED) is 0.784. The second-order valence-electron chi connectivity index (χ2n) is 7.08. The molecule has 7 nitrogen and oxygen atoms in total. The molecule has 0 aliphatic carbocycles. The molecule has 2 aliphatic rings. The zero-order valence-electron chi connectivity index (χ0n) is 16.2. The molecule has 27 heavy (non-hydrogen) atoms. The summed E-state index contributed by atoms with van der Waals surface area (Å²) in [5.74, 6) is 1.57. The molecule has 0 saturated carbocycles. The van der Waals surface area contributed by atoms with E-state index < -0.39 is 0 Å². The predicted octanol–water partition coefficient (Wildman–Crippen LogP) is 1.61. The lowest BCUT2D eigenvalue weighted by Crippen LogP contribution is -2.51.